The Morgan fingerprint density at radius 1 is 1.21 bits per heavy atom. The maximum Gasteiger partial charge on any atom is 0.0692 e. The Kier molecular flexibility index (Phi) is 2.81. The second-order valence-electron chi connectivity index (χ2n) is 5.42. The summed E-state index contributed by atoms with van der Waals surface area (Å²) in [7, 11) is 0. The van der Waals surface area contributed by atoms with Gasteiger partial charge in [0, 0.05) is 0 Å². The van der Waals surface area contributed by atoms with Gasteiger partial charge in [0.15, 0.2) is 0 Å². The molecule has 2 fully saturated rings. The van der Waals surface area contributed by atoms with E-state index in [1.165, 1.54) is 51.4 Å². The predicted octanol–water partition coefficient (Wildman–Crippen LogP) is 3.90. The van der Waals surface area contributed by atoms with E-state index in [9.17, 15) is 5.26 Å². The average Bonchev–Trinajstić information content (AvgIpc) is 2.79. The lowest BCUT2D eigenvalue weighted by atomic mass is 9.73. The van der Waals surface area contributed by atoms with Crippen molar-refractivity contribution in [3.05, 3.63) is 0 Å². The van der Waals surface area contributed by atoms with Crippen LogP contribution in [0.1, 0.15) is 58.3 Å². The van der Waals surface area contributed by atoms with Crippen LogP contribution in [0.4, 0.5) is 0 Å². The molecule has 0 saturated heterocycles. The molecule has 2 rings (SSSR count). The van der Waals surface area contributed by atoms with Crippen molar-refractivity contribution in [1.29, 1.82) is 5.26 Å². The molecule has 2 aliphatic carbocycles. The van der Waals surface area contributed by atoms with Crippen molar-refractivity contribution in [3.63, 3.8) is 0 Å². The zero-order valence-electron chi connectivity index (χ0n) is 9.26. The summed E-state index contributed by atoms with van der Waals surface area (Å²) < 4.78 is 0. The van der Waals surface area contributed by atoms with Crippen molar-refractivity contribution >= 4 is 0 Å². The Bertz CT molecular complexity index is 234. The Labute approximate surface area is 87.5 Å². The second-order valence-corrected chi connectivity index (χ2v) is 5.42. The zero-order chi connectivity index (χ0) is 10.0. The van der Waals surface area contributed by atoms with Crippen LogP contribution in [0, 0.1) is 28.6 Å². The van der Waals surface area contributed by atoms with Crippen LogP contribution in [-0.2, 0) is 0 Å². The molecule has 0 N–H and O–H groups in total. The fraction of sp³-hybridized carbons (Fsp3) is 0.923. The van der Waals surface area contributed by atoms with E-state index in [4.69, 9.17) is 0 Å². The number of rotatable bonds is 2. The lowest BCUT2D eigenvalue weighted by Gasteiger charge is -2.28. The lowest BCUT2D eigenvalue weighted by molar-refractivity contribution is 0.234. The van der Waals surface area contributed by atoms with E-state index in [1.807, 2.05) is 0 Å². The van der Waals surface area contributed by atoms with Gasteiger partial charge in [-0.05, 0) is 31.1 Å². The first kappa shape index (κ1) is 10.0. The van der Waals surface area contributed by atoms with E-state index < -0.39 is 0 Å². The van der Waals surface area contributed by atoms with E-state index in [1.54, 1.807) is 0 Å². The van der Waals surface area contributed by atoms with Crippen LogP contribution in [0.2, 0.25) is 0 Å². The smallest absolute Gasteiger partial charge is 0.0692 e. The Morgan fingerprint density at radius 2 is 1.93 bits per heavy atom. The van der Waals surface area contributed by atoms with Crippen molar-refractivity contribution in [2.45, 2.75) is 58.3 Å². The molecule has 0 amide bonds. The summed E-state index contributed by atoms with van der Waals surface area (Å²) in [6.07, 6.45) is 10.5. The highest BCUT2D eigenvalue weighted by Gasteiger charge is 2.42. The molecule has 0 heterocycles. The molecule has 1 nitrogen and oxygen atoms in total. The van der Waals surface area contributed by atoms with Gasteiger partial charge in [-0.3, -0.25) is 0 Å². The zero-order valence-corrected chi connectivity index (χ0v) is 9.26. The van der Waals surface area contributed by atoms with Gasteiger partial charge in [-0.2, -0.15) is 5.26 Å². The number of hydrogen-bond donors (Lipinski definition) is 0. The first-order valence-electron chi connectivity index (χ1n) is 6.18. The number of hydrogen-bond acceptors (Lipinski definition) is 1. The molecule has 2 aliphatic rings. The van der Waals surface area contributed by atoms with Crippen LogP contribution in [0.15, 0.2) is 0 Å². The Hall–Kier alpha value is -0.510. The van der Waals surface area contributed by atoms with Crippen LogP contribution in [0.3, 0.4) is 0 Å². The van der Waals surface area contributed by atoms with Crippen LogP contribution >= 0.6 is 0 Å². The first-order chi connectivity index (χ1) is 6.77. The summed E-state index contributed by atoms with van der Waals surface area (Å²) >= 11 is 0. The highest BCUT2D eigenvalue weighted by Crippen LogP contribution is 2.49. The van der Waals surface area contributed by atoms with Crippen molar-refractivity contribution in [1.82, 2.24) is 0 Å². The van der Waals surface area contributed by atoms with Gasteiger partial charge in [0.2, 0.25) is 0 Å². The molecule has 14 heavy (non-hydrogen) atoms. The fourth-order valence-electron chi connectivity index (χ4n) is 3.49. The Morgan fingerprint density at radius 3 is 2.43 bits per heavy atom. The summed E-state index contributed by atoms with van der Waals surface area (Å²) in [5.41, 5.74) is 0.0645. The molecule has 0 aromatic heterocycles. The molecule has 2 unspecified atom stereocenters. The highest BCUT2D eigenvalue weighted by molar-refractivity contribution is 5.06. The molecule has 0 bridgehead atoms. The highest BCUT2D eigenvalue weighted by atomic mass is 14.5. The predicted molar refractivity (Wildman–Crippen MR) is 57.6 cm³/mol. The van der Waals surface area contributed by atoms with Crippen LogP contribution in [0.5, 0.6) is 0 Å². The minimum absolute atomic E-state index is 0.0645. The maximum absolute atomic E-state index is 9.40. The third-order valence-corrected chi connectivity index (χ3v) is 4.55. The number of nitrogens with zero attached hydrogens (tertiary/aromatic N) is 1. The van der Waals surface area contributed by atoms with Gasteiger partial charge in [-0.25, -0.2) is 0 Å². The molecule has 1 heteroatoms. The summed E-state index contributed by atoms with van der Waals surface area (Å²) in [5.74, 6) is 1.52. The molecule has 0 aromatic carbocycles. The fourth-order valence-corrected chi connectivity index (χ4v) is 3.49. The van der Waals surface area contributed by atoms with Crippen LogP contribution in [0.25, 0.3) is 0 Å². The third kappa shape index (κ3) is 1.67. The van der Waals surface area contributed by atoms with Crippen LogP contribution < -0.4 is 0 Å². The summed E-state index contributed by atoms with van der Waals surface area (Å²) in [6, 6.07) is 2.65. The van der Waals surface area contributed by atoms with Gasteiger partial charge < -0.3 is 0 Å². The second kappa shape index (κ2) is 3.93. The first-order valence-corrected chi connectivity index (χ1v) is 6.18. The Balaban J connectivity index is 2.01. The van der Waals surface area contributed by atoms with Crippen molar-refractivity contribution < 1.29 is 0 Å². The van der Waals surface area contributed by atoms with E-state index in [2.05, 4.69) is 13.0 Å². The number of nitriles is 1. The monoisotopic (exact) mass is 191 g/mol. The summed E-state index contributed by atoms with van der Waals surface area (Å²) in [4.78, 5) is 0. The molecule has 2 atom stereocenters. The largest absolute Gasteiger partial charge is 0.198 e. The van der Waals surface area contributed by atoms with Gasteiger partial charge in [0.05, 0.1) is 11.5 Å². The maximum atomic E-state index is 9.40. The SMILES string of the molecule is CC1CCCC1(C#N)CC1CCCC1. The van der Waals surface area contributed by atoms with Gasteiger partial charge in [0.1, 0.15) is 0 Å². The minimum Gasteiger partial charge on any atom is -0.198 e. The minimum atomic E-state index is 0.0645. The molecule has 0 aromatic rings. The normalized spacial score (nSPS) is 38.7. The molecular weight excluding hydrogens is 170 g/mol. The van der Waals surface area contributed by atoms with E-state index >= 15 is 0 Å². The van der Waals surface area contributed by atoms with E-state index in [0.29, 0.717) is 5.92 Å². The van der Waals surface area contributed by atoms with E-state index in [-0.39, 0.29) is 5.41 Å². The molecule has 78 valence electrons. The van der Waals surface area contributed by atoms with Gasteiger partial charge >= 0.3 is 0 Å². The van der Waals surface area contributed by atoms with Gasteiger partial charge in [-0.1, -0.05) is 39.0 Å². The van der Waals surface area contributed by atoms with Crippen molar-refractivity contribution in [3.8, 4) is 6.07 Å². The molecular formula is C13H21N. The summed E-state index contributed by atoms with van der Waals surface area (Å²) in [6.45, 7) is 2.28. The van der Waals surface area contributed by atoms with Gasteiger partial charge in [-0.15, -0.1) is 0 Å². The van der Waals surface area contributed by atoms with Crippen LogP contribution in [-0.4, -0.2) is 0 Å². The lowest BCUT2D eigenvalue weighted by Crippen LogP contribution is -2.24. The van der Waals surface area contributed by atoms with Crippen molar-refractivity contribution in [2.75, 3.05) is 0 Å². The molecule has 2 saturated carbocycles. The molecule has 0 spiro atoms. The molecule has 0 radical (unpaired) electrons. The van der Waals surface area contributed by atoms with E-state index in [0.717, 1.165) is 5.92 Å². The third-order valence-electron chi connectivity index (χ3n) is 4.55. The van der Waals surface area contributed by atoms with Crippen molar-refractivity contribution in [2.24, 2.45) is 17.3 Å². The quantitative estimate of drug-likeness (QED) is 0.649. The topological polar surface area (TPSA) is 23.8 Å². The molecule has 0 aliphatic heterocycles. The average molecular weight is 191 g/mol. The van der Waals surface area contributed by atoms with Gasteiger partial charge in [0.25, 0.3) is 0 Å². The standard InChI is InChI=1S/C13H21N/c1-11-5-4-8-13(11,10-14)9-12-6-2-3-7-12/h11-12H,2-9H2,1H3. The summed E-state index contributed by atoms with van der Waals surface area (Å²) in [5, 5.41) is 9.40.